The monoisotopic (exact) mass is 276 g/mol. The normalized spacial score (nSPS) is 16.4. The highest BCUT2D eigenvalue weighted by molar-refractivity contribution is 7.89. The Balaban J connectivity index is 2.06. The molecule has 0 radical (unpaired) electrons. The standard InChI is InChI=1S/C13H28N2O2S/c1-3-12(4-2)11-15-18(16,17)10-6-5-9-14-13-7-8-13/h12-15H,3-11H2,1-2H3. The smallest absolute Gasteiger partial charge is 0.211 e. The van der Waals surface area contributed by atoms with Gasteiger partial charge in [0.15, 0.2) is 0 Å². The maximum absolute atomic E-state index is 11.7. The summed E-state index contributed by atoms with van der Waals surface area (Å²) in [5.41, 5.74) is 0. The Bertz CT molecular complexity index is 309. The van der Waals surface area contributed by atoms with Gasteiger partial charge in [-0.15, -0.1) is 0 Å². The molecule has 0 aliphatic heterocycles. The average Bonchev–Trinajstić information content (AvgIpc) is 3.14. The summed E-state index contributed by atoms with van der Waals surface area (Å²) in [6.07, 6.45) is 6.33. The van der Waals surface area contributed by atoms with Gasteiger partial charge in [-0.1, -0.05) is 26.7 Å². The van der Waals surface area contributed by atoms with Crippen LogP contribution in [0, 0.1) is 5.92 Å². The fraction of sp³-hybridized carbons (Fsp3) is 1.00. The van der Waals surface area contributed by atoms with Gasteiger partial charge in [-0.25, -0.2) is 13.1 Å². The number of nitrogens with one attached hydrogen (secondary N) is 2. The second kappa shape index (κ2) is 8.12. The molecule has 1 fully saturated rings. The van der Waals surface area contributed by atoms with Crippen LogP contribution in [0.2, 0.25) is 0 Å². The summed E-state index contributed by atoms with van der Waals surface area (Å²) in [5.74, 6) is 0.732. The maximum Gasteiger partial charge on any atom is 0.211 e. The number of unbranched alkanes of at least 4 members (excludes halogenated alkanes) is 1. The molecule has 108 valence electrons. The van der Waals surface area contributed by atoms with Crippen molar-refractivity contribution in [3.63, 3.8) is 0 Å². The summed E-state index contributed by atoms with van der Waals surface area (Å²) in [7, 11) is -3.06. The van der Waals surface area contributed by atoms with Gasteiger partial charge < -0.3 is 5.32 Å². The van der Waals surface area contributed by atoms with Crippen LogP contribution in [0.25, 0.3) is 0 Å². The highest BCUT2D eigenvalue weighted by Gasteiger charge is 2.19. The lowest BCUT2D eigenvalue weighted by Crippen LogP contribution is -2.31. The summed E-state index contributed by atoms with van der Waals surface area (Å²) >= 11 is 0. The summed E-state index contributed by atoms with van der Waals surface area (Å²) < 4.78 is 26.2. The fourth-order valence-electron chi connectivity index (χ4n) is 1.91. The average molecular weight is 276 g/mol. The van der Waals surface area contributed by atoms with E-state index in [4.69, 9.17) is 0 Å². The van der Waals surface area contributed by atoms with Crippen molar-refractivity contribution in [3.05, 3.63) is 0 Å². The van der Waals surface area contributed by atoms with Crippen LogP contribution in [0.5, 0.6) is 0 Å². The van der Waals surface area contributed by atoms with Crippen molar-refractivity contribution < 1.29 is 8.42 Å². The predicted octanol–water partition coefficient (Wildman–Crippen LogP) is 1.87. The van der Waals surface area contributed by atoms with Crippen LogP contribution in [0.15, 0.2) is 0 Å². The molecule has 0 aromatic heterocycles. The molecule has 0 atom stereocenters. The van der Waals surface area contributed by atoms with Crippen molar-refractivity contribution in [1.29, 1.82) is 0 Å². The minimum atomic E-state index is -3.06. The van der Waals surface area contributed by atoms with E-state index in [1.807, 2.05) is 0 Å². The molecule has 1 aliphatic rings. The van der Waals surface area contributed by atoms with Gasteiger partial charge in [-0.05, 0) is 38.1 Å². The Morgan fingerprint density at radius 3 is 2.39 bits per heavy atom. The van der Waals surface area contributed by atoms with Crippen molar-refractivity contribution in [1.82, 2.24) is 10.0 Å². The lowest BCUT2D eigenvalue weighted by atomic mass is 10.0. The van der Waals surface area contributed by atoms with Crippen LogP contribution in [0.4, 0.5) is 0 Å². The molecule has 4 nitrogen and oxygen atoms in total. The highest BCUT2D eigenvalue weighted by Crippen LogP contribution is 2.18. The summed E-state index contributed by atoms with van der Waals surface area (Å²) in [6, 6.07) is 0.717. The van der Waals surface area contributed by atoms with Gasteiger partial charge in [0.1, 0.15) is 0 Å². The van der Waals surface area contributed by atoms with Crippen molar-refractivity contribution >= 4 is 10.0 Å². The van der Waals surface area contributed by atoms with E-state index < -0.39 is 10.0 Å². The highest BCUT2D eigenvalue weighted by atomic mass is 32.2. The molecule has 0 spiro atoms. The third-order valence-corrected chi connectivity index (χ3v) is 5.03. The van der Waals surface area contributed by atoms with E-state index in [1.165, 1.54) is 12.8 Å². The maximum atomic E-state index is 11.7. The van der Waals surface area contributed by atoms with Crippen LogP contribution < -0.4 is 10.0 Å². The molecule has 5 heteroatoms. The first-order valence-electron chi connectivity index (χ1n) is 7.28. The van der Waals surface area contributed by atoms with E-state index in [9.17, 15) is 8.42 Å². The molecule has 1 saturated carbocycles. The fourth-order valence-corrected chi connectivity index (χ4v) is 3.12. The lowest BCUT2D eigenvalue weighted by Gasteiger charge is -2.13. The molecule has 0 bridgehead atoms. The molecule has 0 unspecified atom stereocenters. The van der Waals surface area contributed by atoms with Crippen LogP contribution in [0.1, 0.15) is 52.4 Å². The number of sulfonamides is 1. The van der Waals surface area contributed by atoms with Gasteiger partial charge in [-0.2, -0.15) is 0 Å². The van der Waals surface area contributed by atoms with Crippen molar-refractivity contribution in [2.45, 2.75) is 58.4 Å². The Kier molecular flexibility index (Phi) is 7.19. The van der Waals surface area contributed by atoms with Gasteiger partial charge in [0, 0.05) is 12.6 Å². The summed E-state index contributed by atoms with van der Waals surface area (Å²) in [4.78, 5) is 0. The Morgan fingerprint density at radius 2 is 1.83 bits per heavy atom. The SMILES string of the molecule is CCC(CC)CNS(=O)(=O)CCCCNC1CC1. The molecule has 0 saturated heterocycles. The number of rotatable bonds is 11. The van der Waals surface area contributed by atoms with Crippen LogP contribution >= 0.6 is 0 Å². The molecule has 2 N–H and O–H groups in total. The third-order valence-electron chi connectivity index (χ3n) is 3.60. The minimum absolute atomic E-state index is 0.263. The van der Waals surface area contributed by atoms with E-state index >= 15 is 0 Å². The molecule has 1 rings (SSSR count). The van der Waals surface area contributed by atoms with Gasteiger partial charge in [-0.3, -0.25) is 0 Å². The first-order chi connectivity index (χ1) is 8.57. The van der Waals surface area contributed by atoms with E-state index in [0.717, 1.165) is 38.3 Å². The van der Waals surface area contributed by atoms with Gasteiger partial charge in [0.2, 0.25) is 10.0 Å². The zero-order valence-corrected chi connectivity index (χ0v) is 12.6. The second-order valence-electron chi connectivity index (χ2n) is 5.29. The Hall–Kier alpha value is -0.130. The molecule has 0 amide bonds. The first kappa shape index (κ1) is 15.9. The molecular weight excluding hydrogens is 248 g/mol. The van der Waals surface area contributed by atoms with Crippen molar-refractivity contribution in [2.24, 2.45) is 5.92 Å². The molecule has 1 aliphatic carbocycles. The summed E-state index contributed by atoms with van der Waals surface area (Å²) in [6.45, 7) is 5.75. The largest absolute Gasteiger partial charge is 0.314 e. The molecule has 18 heavy (non-hydrogen) atoms. The van der Waals surface area contributed by atoms with Crippen molar-refractivity contribution in [3.8, 4) is 0 Å². The molecular formula is C13H28N2O2S. The molecule has 0 aromatic rings. The van der Waals surface area contributed by atoms with Crippen molar-refractivity contribution in [2.75, 3.05) is 18.8 Å². The van der Waals surface area contributed by atoms with E-state index in [2.05, 4.69) is 23.9 Å². The predicted molar refractivity (Wildman–Crippen MR) is 76.1 cm³/mol. The first-order valence-corrected chi connectivity index (χ1v) is 8.93. The van der Waals surface area contributed by atoms with E-state index in [1.54, 1.807) is 0 Å². The lowest BCUT2D eigenvalue weighted by molar-refractivity contribution is 0.478. The van der Waals surface area contributed by atoms with E-state index in [-0.39, 0.29) is 5.75 Å². The molecule has 0 aromatic carbocycles. The second-order valence-corrected chi connectivity index (χ2v) is 7.21. The Labute approximate surface area is 112 Å². The Morgan fingerprint density at radius 1 is 1.17 bits per heavy atom. The van der Waals surface area contributed by atoms with Crippen LogP contribution in [0.3, 0.4) is 0 Å². The zero-order valence-electron chi connectivity index (χ0n) is 11.7. The van der Waals surface area contributed by atoms with Gasteiger partial charge >= 0.3 is 0 Å². The third kappa shape index (κ3) is 7.34. The topological polar surface area (TPSA) is 58.2 Å². The van der Waals surface area contributed by atoms with Crippen LogP contribution in [-0.2, 0) is 10.0 Å². The molecule has 0 heterocycles. The zero-order chi connectivity index (χ0) is 13.4. The number of hydrogen-bond donors (Lipinski definition) is 2. The quantitative estimate of drug-likeness (QED) is 0.566. The number of hydrogen-bond acceptors (Lipinski definition) is 3. The van der Waals surface area contributed by atoms with E-state index in [0.29, 0.717) is 12.5 Å². The summed E-state index contributed by atoms with van der Waals surface area (Å²) in [5, 5.41) is 3.40. The van der Waals surface area contributed by atoms with Gasteiger partial charge in [0.05, 0.1) is 5.75 Å². The van der Waals surface area contributed by atoms with Gasteiger partial charge in [0.25, 0.3) is 0 Å². The minimum Gasteiger partial charge on any atom is -0.314 e. The van der Waals surface area contributed by atoms with Crippen LogP contribution in [-0.4, -0.2) is 33.3 Å².